The Hall–Kier alpha value is -2.63. The molecule has 0 bridgehead atoms. The molecule has 0 aliphatic carbocycles. The molecule has 0 N–H and O–H groups in total. The summed E-state index contributed by atoms with van der Waals surface area (Å²) in [5.74, 6) is -1.34. The monoisotopic (exact) mass is 256 g/mol. The number of hydrazone groups is 1. The van der Waals surface area contributed by atoms with Gasteiger partial charge in [-0.15, -0.1) is 0 Å². The Morgan fingerprint density at radius 3 is 2.58 bits per heavy atom. The maximum Gasteiger partial charge on any atom is 0.263 e. The van der Waals surface area contributed by atoms with E-state index in [1.165, 1.54) is 24.7 Å². The van der Waals surface area contributed by atoms with Crippen molar-refractivity contribution < 1.29 is 9.18 Å². The van der Waals surface area contributed by atoms with Gasteiger partial charge in [0.15, 0.2) is 0 Å². The second-order valence-electron chi connectivity index (χ2n) is 3.96. The van der Waals surface area contributed by atoms with Crippen LogP contribution >= 0.6 is 0 Å². The van der Waals surface area contributed by atoms with Crippen LogP contribution < -0.4 is 5.01 Å². The molecule has 0 radical (unpaired) electrons. The lowest BCUT2D eigenvalue weighted by Crippen LogP contribution is -2.26. The Balaban J connectivity index is 1.92. The largest absolute Gasteiger partial charge is 0.271 e. The van der Waals surface area contributed by atoms with Crippen molar-refractivity contribution in [1.29, 1.82) is 0 Å². The Bertz CT molecular complexity index is 644. The van der Waals surface area contributed by atoms with E-state index in [0.717, 1.165) is 5.01 Å². The normalized spacial score (nSPS) is 18.1. The quantitative estimate of drug-likeness (QED) is 0.822. The number of carbonyl (C=O) groups is 1. The van der Waals surface area contributed by atoms with Crippen molar-refractivity contribution in [2.24, 2.45) is 5.10 Å². The van der Waals surface area contributed by atoms with Crippen molar-refractivity contribution in [3.63, 3.8) is 0 Å². The van der Waals surface area contributed by atoms with Gasteiger partial charge in [0.1, 0.15) is 11.7 Å². The molecule has 1 aromatic carbocycles. The first-order valence-electron chi connectivity index (χ1n) is 5.67. The van der Waals surface area contributed by atoms with Gasteiger partial charge in [0.2, 0.25) is 0 Å². The molecule has 0 saturated heterocycles. The highest BCUT2D eigenvalue weighted by atomic mass is 19.1. The summed E-state index contributed by atoms with van der Waals surface area (Å²) in [4.78, 5) is 20.1. The van der Waals surface area contributed by atoms with E-state index in [4.69, 9.17) is 0 Å². The summed E-state index contributed by atoms with van der Waals surface area (Å²) < 4.78 is 13.7. The van der Waals surface area contributed by atoms with Gasteiger partial charge in [0, 0.05) is 24.2 Å². The minimum absolute atomic E-state index is 0.183. The molecule has 0 spiro atoms. The van der Waals surface area contributed by atoms with Gasteiger partial charge in [0.05, 0.1) is 0 Å². The summed E-state index contributed by atoms with van der Waals surface area (Å²) in [5.41, 5.74) is 0.301. The Kier molecular flexibility index (Phi) is 2.75. The first kappa shape index (κ1) is 11.5. The summed E-state index contributed by atoms with van der Waals surface area (Å²) in [5, 5.41) is 5.03. The van der Waals surface area contributed by atoms with Gasteiger partial charge in [-0.3, -0.25) is 4.79 Å². The van der Waals surface area contributed by atoms with Crippen LogP contribution in [0.15, 0.2) is 47.8 Å². The third-order valence-electron chi connectivity index (χ3n) is 2.79. The van der Waals surface area contributed by atoms with Crippen molar-refractivity contribution in [2.75, 3.05) is 5.01 Å². The first-order valence-corrected chi connectivity index (χ1v) is 5.67. The van der Waals surface area contributed by atoms with E-state index in [2.05, 4.69) is 15.1 Å². The molecule has 1 amide bonds. The second-order valence-corrected chi connectivity index (χ2v) is 3.96. The number of anilines is 1. The van der Waals surface area contributed by atoms with Crippen molar-refractivity contribution in [3.05, 3.63) is 54.1 Å². The number of nitrogens with zero attached hydrogens (tertiary/aromatic N) is 4. The number of rotatable bonds is 2. The van der Waals surface area contributed by atoms with Crippen LogP contribution in [0.5, 0.6) is 0 Å². The minimum atomic E-state index is -0.731. The summed E-state index contributed by atoms with van der Waals surface area (Å²) in [6, 6.07) is 7.79. The molecule has 1 atom stereocenters. The van der Waals surface area contributed by atoms with Crippen molar-refractivity contribution in [2.45, 2.75) is 5.92 Å². The lowest BCUT2D eigenvalue weighted by molar-refractivity contribution is -0.118. The molecule has 94 valence electrons. The molecule has 1 unspecified atom stereocenters. The van der Waals surface area contributed by atoms with Crippen LogP contribution in [0.1, 0.15) is 11.5 Å². The van der Waals surface area contributed by atoms with Gasteiger partial charge in [-0.1, -0.05) is 18.2 Å². The van der Waals surface area contributed by atoms with E-state index < -0.39 is 11.7 Å². The SMILES string of the molecule is O=C1C(c2ccccc2F)C=NN1c1ncccn1. The molecular weight excluding hydrogens is 247 g/mol. The van der Waals surface area contributed by atoms with Crippen LogP contribution in [0.25, 0.3) is 0 Å². The van der Waals surface area contributed by atoms with Gasteiger partial charge in [-0.2, -0.15) is 10.1 Å². The van der Waals surface area contributed by atoms with Gasteiger partial charge in [-0.05, 0) is 12.1 Å². The maximum absolute atomic E-state index is 13.7. The fourth-order valence-corrected chi connectivity index (χ4v) is 1.88. The standard InChI is InChI=1S/C13H9FN4O/c14-11-5-2-1-4-9(11)10-8-17-18(12(10)19)13-15-6-3-7-16-13/h1-8,10H. The third kappa shape index (κ3) is 1.97. The highest BCUT2D eigenvalue weighted by Crippen LogP contribution is 2.26. The number of hydrogen-bond donors (Lipinski definition) is 0. The summed E-state index contributed by atoms with van der Waals surface area (Å²) in [6.45, 7) is 0. The molecule has 0 fully saturated rings. The molecule has 3 rings (SSSR count). The molecule has 0 saturated carbocycles. The van der Waals surface area contributed by atoms with Gasteiger partial charge in [-0.25, -0.2) is 14.4 Å². The Morgan fingerprint density at radius 2 is 1.84 bits per heavy atom. The molecule has 6 heteroatoms. The van der Waals surface area contributed by atoms with Crippen LogP contribution in [0, 0.1) is 5.82 Å². The zero-order valence-corrected chi connectivity index (χ0v) is 9.77. The fraction of sp³-hybridized carbons (Fsp3) is 0.0769. The van der Waals surface area contributed by atoms with E-state index in [1.807, 2.05) is 0 Å². The van der Waals surface area contributed by atoms with E-state index in [1.54, 1.807) is 24.3 Å². The molecule has 19 heavy (non-hydrogen) atoms. The fourth-order valence-electron chi connectivity index (χ4n) is 1.88. The lowest BCUT2D eigenvalue weighted by atomic mass is 10.00. The Labute approximate surface area is 108 Å². The summed E-state index contributed by atoms with van der Waals surface area (Å²) in [6.07, 6.45) is 4.43. The highest BCUT2D eigenvalue weighted by Gasteiger charge is 2.33. The van der Waals surface area contributed by atoms with Crippen LogP contribution in [-0.4, -0.2) is 22.1 Å². The minimum Gasteiger partial charge on any atom is -0.271 e. The molecule has 2 aromatic rings. The van der Waals surface area contributed by atoms with E-state index in [9.17, 15) is 9.18 Å². The van der Waals surface area contributed by atoms with Crippen LogP contribution in [-0.2, 0) is 4.79 Å². The van der Waals surface area contributed by atoms with Gasteiger partial charge in [0.25, 0.3) is 11.9 Å². The van der Waals surface area contributed by atoms with Crippen molar-refractivity contribution >= 4 is 18.1 Å². The summed E-state index contributed by atoms with van der Waals surface area (Å²) in [7, 11) is 0. The predicted octanol–water partition coefficient (Wildman–Crippen LogP) is 1.73. The predicted molar refractivity (Wildman–Crippen MR) is 67.2 cm³/mol. The zero-order valence-electron chi connectivity index (χ0n) is 9.77. The third-order valence-corrected chi connectivity index (χ3v) is 2.79. The first-order chi connectivity index (χ1) is 9.27. The smallest absolute Gasteiger partial charge is 0.263 e. The molecule has 2 heterocycles. The average molecular weight is 256 g/mol. The van der Waals surface area contributed by atoms with Gasteiger partial charge < -0.3 is 0 Å². The number of halogens is 1. The van der Waals surface area contributed by atoms with E-state index in [-0.39, 0.29) is 11.9 Å². The topological polar surface area (TPSA) is 58.5 Å². The van der Waals surface area contributed by atoms with Gasteiger partial charge >= 0.3 is 0 Å². The van der Waals surface area contributed by atoms with Crippen molar-refractivity contribution in [1.82, 2.24) is 9.97 Å². The molecule has 1 aliphatic rings. The average Bonchev–Trinajstić information content (AvgIpc) is 2.82. The van der Waals surface area contributed by atoms with Crippen LogP contribution in [0.2, 0.25) is 0 Å². The molecular formula is C13H9FN4O. The number of hydrogen-bond acceptors (Lipinski definition) is 4. The number of aromatic nitrogens is 2. The number of carbonyl (C=O) groups excluding carboxylic acids is 1. The Morgan fingerprint density at radius 1 is 1.11 bits per heavy atom. The molecule has 1 aliphatic heterocycles. The zero-order chi connectivity index (χ0) is 13.2. The number of benzene rings is 1. The van der Waals surface area contributed by atoms with Crippen LogP contribution in [0.3, 0.4) is 0 Å². The van der Waals surface area contributed by atoms with Crippen molar-refractivity contribution in [3.8, 4) is 0 Å². The molecule has 5 nitrogen and oxygen atoms in total. The maximum atomic E-state index is 13.7. The summed E-state index contributed by atoms with van der Waals surface area (Å²) >= 11 is 0. The lowest BCUT2D eigenvalue weighted by Gasteiger charge is -2.12. The highest BCUT2D eigenvalue weighted by molar-refractivity contribution is 6.11. The van der Waals surface area contributed by atoms with Crippen LogP contribution in [0.4, 0.5) is 10.3 Å². The molecule has 1 aromatic heterocycles. The van der Waals surface area contributed by atoms with E-state index >= 15 is 0 Å². The van der Waals surface area contributed by atoms with E-state index in [0.29, 0.717) is 5.56 Å². The number of amides is 1. The second kappa shape index (κ2) is 4.56.